The van der Waals surface area contributed by atoms with Crippen molar-refractivity contribution in [1.29, 1.82) is 0 Å². The van der Waals surface area contributed by atoms with Gasteiger partial charge in [0.1, 0.15) is 0 Å². The van der Waals surface area contributed by atoms with Gasteiger partial charge in [0.2, 0.25) is 5.91 Å². The monoisotopic (exact) mass is 429 g/mol. The second-order valence-corrected chi connectivity index (χ2v) is 7.42. The number of para-hydroxylation sites is 2. The molecule has 30 heavy (non-hydrogen) atoms. The largest absolute Gasteiger partial charge is 0.333 e. The number of halogens is 1. The van der Waals surface area contributed by atoms with Gasteiger partial charge in [-0.2, -0.15) is 0 Å². The van der Waals surface area contributed by atoms with Crippen LogP contribution in [-0.4, -0.2) is 44.6 Å². The third kappa shape index (κ3) is 4.27. The Morgan fingerprint density at radius 1 is 1.13 bits per heavy atom. The third-order valence-electron chi connectivity index (χ3n) is 5.55. The quantitative estimate of drug-likeness (QED) is 0.653. The van der Waals surface area contributed by atoms with Gasteiger partial charge in [0.15, 0.2) is 0 Å². The standard InChI is InChI=1S/C22H27N5O2.ClH/c1-2-12-26-18-7-3-4-8-19(18)27(22(26)29)13-9-21(28)25-14-11-24-16-20(25)17-6-5-10-23-15-17;/h3-8,10,15,20,24H,2,9,11-14,16H2,1H3;1H. The van der Waals surface area contributed by atoms with E-state index in [1.54, 1.807) is 10.8 Å². The van der Waals surface area contributed by atoms with Gasteiger partial charge in [0, 0.05) is 51.5 Å². The average Bonchev–Trinajstić information content (AvgIpc) is 3.04. The predicted molar refractivity (Wildman–Crippen MR) is 120 cm³/mol. The minimum Gasteiger partial charge on any atom is -0.333 e. The predicted octanol–water partition coefficient (Wildman–Crippen LogP) is 2.59. The molecular weight excluding hydrogens is 402 g/mol. The fourth-order valence-electron chi connectivity index (χ4n) is 4.15. The van der Waals surface area contributed by atoms with E-state index in [4.69, 9.17) is 0 Å². The molecule has 7 nitrogen and oxygen atoms in total. The van der Waals surface area contributed by atoms with E-state index in [0.717, 1.165) is 29.6 Å². The summed E-state index contributed by atoms with van der Waals surface area (Å²) in [6.45, 7) is 5.28. The molecule has 1 amide bonds. The minimum absolute atomic E-state index is 0. The van der Waals surface area contributed by atoms with Gasteiger partial charge >= 0.3 is 5.69 Å². The summed E-state index contributed by atoms with van der Waals surface area (Å²) in [7, 11) is 0. The summed E-state index contributed by atoms with van der Waals surface area (Å²) in [6, 6.07) is 11.7. The first kappa shape index (κ1) is 22.1. The van der Waals surface area contributed by atoms with Crippen LogP contribution in [0.4, 0.5) is 0 Å². The van der Waals surface area contributed by atoms with Gasteiger partial charge in [-0.15, -0.1) is 12.4 Å². The van der Waals surface area contributed by atoms with Gasteiger partial charge in [-0.3, -0.25) is 18.9 Å². The molecule has 1 aromatic carbocycles. The van der Waals surface area contributed by atoms with Crippen LogP contribution in [0, 0.1) is 0 Å². The molecule has 160 valence electrons. The van der Waals surface area contributed by atoms with Crippen molar-refractivity contribution in [2.24, 2.45) is 0 Å². The van der Waals surface area contributed by atoms with E-state index in [0.29, 0.717) is 32.6 Å². The molecule has 1 unspecified atom stereocenters. The van der Waals surface area contributed by atoms with Crippen molar-refractivity contribution in [3.8, 4) is 0 Å². The van der Waals surface area contributed by atoms with Crippen LogP contribution in [0.25, 0.3) is 11.0 Å². The summed E-state index contributed by atoms with van der Waals surface area (Å²) in [6.07, 6.45) is 4.75. The molecule has 0 bridgehead atoms. The Labute approximate surface area is 182 Å². The molecule has 1 N–H and O–H groups in total. The fourth-order valence-corrected chi connectivity index (χ4v) is 4.15. The van der Waals surface area contributed by atoms with Crippen LogP contribution in [0.15, 0.2) is 53.6 Å². The van der Waals surface area contributed by atoms with Gasteiger partial charge in [-0.05, 0) is 30.2 Å². The molecule has 3 heterocycles. The van der Waals surface area contributed by atoms with Gasteiger partial charge in [-0.1, -0.05) is 25.1 Å². The molecule has 0 saturated carbocycles. The van der Waals surface area contributed by atoms with E-state index in [2.05, 4.69) is 17.2 Å². The van der Waals surface area contributed by atoms with Crippen LogP contribution in [0.3, 0.4) is 0 Å². The van der Waals surface area contributed by atoms with Gasteiger partial charge in [0.05, 0.1) is 17.1 Å². The topological polar surface area (TPSA) is 72.2 Å². The van der Waals surface area contributed by atoms with E-state index in [1.165, 1.54) is 0 Å². The Bertz CT molecular complexity index is 1050. The molecule has 0 aliphatic carbocycles. The first-order chi connectivity index (χ1) is 14.2. The molecule has 4 rings (SSSR count). The molecule has 3 aromatic rings. The Kier molecular flexibility index (Phi) is 7.29. The zero-order valence-electron chi connectivity index (χ0n) is 17.2. The zero-order chi connectivity index (χ0) is 20.2. The molecule has 1 saturated heterocycles. The van der Waals surface area contributed by atoms with Gasteiger partial charge < -0.3 is 10.2 Å². The number of aryl methyl sites for hydroxylation is 2. The summed E-state index contributed by atoms with van der Waals surface area (Å²) in [4.78, 5) is 32.1. The number of hydrogen-bond donors (Lipinski definition) is 1. The maximum Gasteiger partial charge on any atom is 0.329 e. The number of carbonyl (C=O) groups excluding carboxylic acids is 1. The highest BCUT2D eigenvalue weighted by atomic mass is 35.5. The number of nitrogens with one attached hydrogen (secondary N) is 1. The number of pyridine rings is 1. The lowest BCUT2D eigenvalue weighted by Gasteiger charge is -2.36. The number of imidazole rings is 1. The maximum absolute atomic E-state index is 13.1. The van der Waals surface area contributed by atoms with Crippen molar-refractivity contribution < 1.29 is 4.79 Å². The van der Waals surface area contributed by atoms with Gasteiger partial charge in [-0.25, -0.2) is 4.79 Å². The van der Waals surface area contributed by atoms with Crippen molar-refractivity contribution in [3.05, 3.63) is 64.8 Å². The molecule has 1 atom stereocenters. The number of rotatable bonds is 6. The first-order valence-corrected chi connectivity index (χ1v) is 10.3. The van der Waals surface area contributed by atoms with Crippen LogP contribution < -0.4 is 11.0 Å². The number of benzene rings is 1. The van der Waals surface area contributed by atoms with E-state index in [-0.39, 0.29) is 30.0 Å². The lowest BCUT2D eigenvalue weighted by atomic mass is 10.0. The number of hydrogen-bond acceptors (Lipinski definition) is 4. The highest BCUT2D eigenvalue weighted by Crippen LogP contribution is 2.22. The van der Waals surface area contributed by atoms with E-state index < -0.39 is 0 Å². The summed E-state index contributed by atoms with van der Waals surface area (Å²) in [5.41, 5.74) is 2.82. The zero-order valence-corrected chi connectivity index (χ0v) is 18.0. The summed E-state index contributed by atoms with van der Waals surface area (Å²) in [5.74, 6) is 0.0691. The van der Waals surface area contributed by atoms with Crippen molar-refractivity contribution in [2.45, 2.75) is 38.9 Å². The van der Waals surface area contributed by atoms with Gasteiger partial charge in [0.25, 0.3) is 0 Å². The number of piperazine rings is 1. The van der Waals surface area contributed by atoms with Crippen molar-refractivity contribution in [2.75, 3.05) is 19.6 Å². The number of fused-ring (bicyclic) bond motifs is 1. The molecule has 1 aliphatic rings. The minimum atomic E-state index is -0.0371. The molecule has 0 radical (unpaired) electrons. The van der Waals surface area contributed by atoms with Crippen molar-refractivity contribution in [3.63, 3.8) is 0 Å². The van der Waals surface area contributed by atoms with E-state index >= 15 is 0 Å². The summed E-state index contributed by atoms with van der Waals surface area (Å²) < 4.78 is 3.55. The number of amides is 1. The lowest BCUT2D eigenvalue weighted by Crippen LogP contribution is -2.49. The smallest absolute Gasteiger partial charge is 0.329 e. The Hall–Kier alpha value is -2.64. The van der Waals surface area contributed by atoms with Crippen molar-refractivity contribution in [1.82, 2.24) is 24.3 Å². The molecule has 1 aliphatic heterocycles. The third-order valence-corrected chi connectivity index (χ3v) is 5.55. The number of aromatic nitrogens is 3. The van der Waals surface area contributed by atoms with Crippen LogP contribution in [0.2, 0.25) is 0 Å². The summed E-state index contributed by atoms with van der Waals surface area (Å²) >= 11 is 0. The average molecular weight is 430 g/mol. The van der Waals surface area contributed by atoms with Crippen LogP contribution in [0.5, 0.6) is 0 Å². The second kappa shape index (κ2) is 9.91. The molecule has 8 heteroatoms. The van der Waals surface area contributed by atoms with Crippen LogP contribution >= 0.6 is 12.4 Å². The SMILES string of the molecule is CCCn1c(=O)n(CCC(=O)N2CCNCC2c2cccnc2)c2ccccc21.Cl. The van der Waals surface area contributed by atoms with E-state index in [9.17, 15) is 9.59 Å². The normalized spacial score (nSPS) is 16.4. The molecular formula is C22H28ClN5O2. The van der Waals surface area contributed by atoms with Crippen LogP contribution in [0.1, 0.15) is 31.4 Å². The lowest BCUT2D eigenvalue weighted by molar-refractivity contribution is -0.134. The Balaban J connectivity index is 0.00000256. The van der Waals surface area contributed by atoms with Crippen LogP contribution in [-0.2, 0) is 17.9 Å². The summed E-state index contributed by atoms with van der Waals surface area (Å²) in [5, 5.41) is 3.36. The van der Waals surface area contributed by atoms with Crippen molar-refractivity contribution >= 4 is 29.3 Å². The Morgan fingerprint density at radius 2 is 1.87 bits per heavy atom. The number of nitrogens with zero attached hydrogens (tertiary/aromatic N) is 4. The Morgan fingerprint density at radius 3 is 2.53 bits per heavy atom. The number of carbonyl (C=O) groups is 1. The van der Waals surface area contributed by atoms with E-state index in [1.807, 2.05) is 52.1 Å². The molecule has 2 aromatic heterocycles. The fraction of sp³-hybridized carbons (Fsp3) is 0.409. The first-order valence-electron chi connectivity index (χ1n) is 10.3. The highest BCUT2D eigenvalue weighted by molar-refractivity contribution is 5.85. The maximum atomic E-state index is 13.1. The highest BCUT2D eigenvalue weighted by Gasteiger charge is 2.28. The second-order valence-electron chi connectivity index (χ2n) is 7.42. The molecule has 1 fully saturated rings. The molecule has 0 spiro atoms.